The largest absolute Gasteiger partial charge is 0.481 e. The molecule has 0 bridgehead atoms. The molecule has 1 aliphatic rings. The summed E-state index contributed by atoms with van der Waals surface area (Å²) in [7, 11) is 0. The van der Waals surface area contributed by atoms with Crippen LogP contribution in [0.2, 0.25) is 0 Å². The molecule has 1 aromatic heterocycles. The Balaban J connectivity index is 1.85. The molecule has 0 radical (unpaired) electrons. The molecule has 1 heterocycles. The lowest BCUT2D eigenvalue weighted by Gasteiger charge is -2.09. The van der Waals surface area contributed by atoms with Crippen LogP contribution < -0.4 is 0 Å². The smallest absolute Gasteiger partial charge is 0.313 e. The van der Waals surface area contributed by atoms with Gasteiger partial charge in [-0.1, -0.05) is 35.5 Å². The SMILES string of the molecule is O=C(O)CSc1nc2ccccc2n1CCC1=CCCC1. The van der Waals surface area contributed by atoms with Crippen LogP contribution in [0.3, 0.4) is 0 Å². The van der Waals surface area contributed by atoms with Crippen molar-refractivity contribution in [3.05, 3.63) is 35.9 Å². The van der Waals surface area contributed by atoms with Crippen molar-refractivity contribution in [2.45, 2.75) is 37.4 Å². The molecule has 21 heavy (non-hydrogen) atoms. The monoisotopic (exact) mass is 302 g/mol. The minimum Gasteiger partial charge on any atom is -0.481 e. The Morgan fingerprint density at radius 2 is 2.24 bits per heavy atom. The molecule has 0 fully saturated rings. The van der Waals surface area contributed by atoms with Gasteiger partial charge in [0.15, 0.2) is 5.16 Å². The van der Waals surface area contributed by atoms with Crippen LogP contribution in [-0.4, -0.2) is 26.4 Å². The van der Waals surface area contributed by atoms with E-state index in [2.05, 4.69) is 21.7 Å². The number of nitrogens with zero attached hydrogens (tertiary/aromatic N) is 2. The van der Waals surface area contributed by atoms with E-state index >= 15 is 0 Å². The van der Waals surface area contributed by atoms with Crippen molar-refractivity contribution >= 4 is 28.8 Å². The predicted molar refractivity (Wildman–Crippen MR) is 84.6 cm³/mol. The molecule has 5 heteroatoms. The van der Waals surface area contributed by atoms with Crippen molar-refractivity contribution in [2.24, 2.45) is 0 Å². The van der Waals surface area contributed by atoms with Crippen LogP contribution in [0.15, 0.2) is 41.1 Å². The lowest BCUT2D eigenvalue weighted by atomic mass is 10.1. The fraction of sp³-hybridized carbons (Fsp3) is 0.375. The third-order valence-electron chi connectivity index (χ3n) is 3.74. The van der Waals surface area contributed by atoms with Crippen molar-refractivity contribution in [1.82, 2.24) is 9.55 Å². The summed E-state index contributed by atoms with van der Waals surface area (Å²) in [4.78, 5) is 15.4. The van der Waals surface area contributed by atoms with E-state index in [9.17, 15) is 4.79 Å². The molecule has 0 atom stereocenters. The van der Waals surface area contributed by atoms with E-state index < -0.39 is 5.97 Å². The van der Waals surface area contributed by atoms with Crippen LogP contribution in [0.1, 0.15) is 25.7 Å². The number of aryl methyl sites for hydroxylation is 1. The van der Waals surface area contributed by atoms with Gasteiger partial charge >= 0.3 is 5.97 Å². The molecule has 0 saturated heterocycles. The molecule has 0 amide bonds. The number of imidazole rings is 1. The van der Waals surface area contributed by atoms with Gasteiger partial charge in [-0.25, -0.2) is 4.98 Å². The van der Waals surface area contributed by atoms with E-state index in [1.807, 2.05) is 18.2 Å². The van der Waals surface area contributed by atoms with Crippen LogP contribution in [0.25, 0.3) is 11.0 Å². The zero-order chi connectivity index (χ0) is 14.7. The summed E-state index contributed by atoms with van der Waals surface area (Å²) in [5.41, 5.74) is 3.54. The van der Waals surface area contributed by atoms with Gasteiger partial charge in [-0.2, -0.15) is 0 Å². The number of fused-ring (bicyclic) bond motifs is 1. The Morgan fingerprint density at radius 1 is 1.38 bits per heavy atom. The molecule has 1 aliphatic carbocycles. The number of hydrogen-bond donors (Lipinski definition) is 1. The lowest BCUT2D eigenvalue weighted by molar-refractivity contribution is -0.133. The van der Waals surface area contributed by atoms with Gasteiger partial charge in [-0.05, 0) is 37.8 Å². The van der Waals surface area contributed by atoms with E-state index in [0.717, 1.165) is 29.2 Å². The maximum atomic E-state index is 10.8. The number of benzene rings is 1. The summed E-state index contributed by atoms with van der Waals surface area (Å²) < 4.78 is 2.15. The van der Waals surface area contributed by atoms with Crippen LogP contribution in [0, 0.1) is 0 Å². The Kier molecular flexibility index (Phi) is 4.29. The van der Waals surface area contributed by atoms with Gasteiger partial charge in [0, 0.05) is 6.54 Å². The molecule has 0 saturated carbocycles. The number of hydrogen-bond acceptors (Lipinski definition) is 3. The summed E-state index contributed by atoms with van der Waals surface area (Å²) >= 11 is 1.30. The Bertz CT molecular complexity index is 691. The van der Waals surface area contributed by atoms with E-state index in [0.29, 0.717) is 0 Å². The molecule has 4 nitrogen and oxygen atoms in total. The average molecular weight is 302 g/mol. The van der Waals surface area contributed by atoms with Crippen LogP contribution in [0.5, 0.6) is 0 Å². The molecule has 0 spiro atoms. The molecular weight excluding hydrogens is 284 g/mol. The van der Waals surface area contributed by atoms with Gasteiger partial charge in [0.1, 0.15) is 0 Å². The van der Waals surface area contributed by atoms with E-state index in [4.69, 9.17) is 5.11 Å². The van der Waals surface area contributed by atoms with Gasteiger partial charge < -0.3 is 9.67 Å². The second kappa shape index (κ2) is 6.35. The summed E-state index contributed by atoms with van der Waals surface area (Å²) in [6.07, 6.45) is 7.02. The van der Waals surface area contributed by atoms with Crippen molar-refractivity contribution in [3.8, 4) is 0 Å². The maximum absolute atomic E-state index is 10.8. The number of carboxylic acids is 1. The molecule has 2 aromatic rings. The highest BCUT2D eigenvalue weighted by atomic mass is 32.2. The molecule has 0 aliphatic heterocycles. The molecule has 3 rings (SSSR count). The van der Waals surface area contributed by atoms with Crippen LogP contribution in [0.4, 0.5) is 0 Å². The Labute approximate surface area is 127 Å². The Morgan fingerprint density at radius 3 is 3.00 bits per heavy atom. The zero-order valence-corrected chi connectivity index (χ0v) is 12.6. The maximum Gasteiger partial charge on any atom is 0.313 e. The first-order chi connectivity index (χ1) is 10.2. The summed E-state index contributed by atoms with van der Waals surface area (Å²) in [6, 6.07) is 7.99. The zero-order valence-electron chi connectivity index (χ0n) is 11.8. The van der Waals surface area contributed by atoms with E-state index in [1.165, 1.54) is 36.6 Å². The number of aromatic nitrogens is 2. The number of rotatable bonds is 6. The molecule has 0 unspecified atom stereocenters. The number of carboxylic acid groups (broad SMARTS) is 1. The quantitative estimate of drug-likeness (QED) is 0.653. The first-order valence-electron chi connectivity index (χ1n) is 7.22. The summed E-state index contributed by atoms with van der Waals surface area (Å²) in [5.74, 6) is -0.761. The third-order valence-corrected chi connectivity index (χ3v) is 4.70. The highest BCUT2D eigenvalue weighted by Gasteiger charge is 2.13. The fourth-order valence-corrected chi connectivity index (χ4v) is 3.49. The average Bonchev–Trinajstić information content (AvgIpc) is 3.10. The predicted octanol–water partition coefficient (Wildman–Crippen LogP) is 3.71. The number of carbonyl (C=O) groups is 1. The first kappa shape index (κ1) is 14.2. The van der Waals surface area contributed by atoms with Crippen molar-refractivity contribution in [2.75, 3.05) is 5.75 Å². The van der Waals surface area contributed by atoms with E-state index in [-0.39, 0.29) is 5.75 Å². The number of para-hydroxylation sites is 2. The van der Waals surface area contributed by atoms with Gasteiger partial charge in [0.25, 0.3) is 0 Å². The third kappa shape index (κ3) is 3.29. The van der Waals surface area contributed by atoms with Gasteiger partial charge in [0.2, 0.25) is 0 Å². The number of allylic oxidation sites excluding steroid dienone is 2. The topological polar surface area (TPSA) is 55.1 Å². The molecule has 1 aromatic carbocycles. The standard InChI is InChI=1S/C16H18N2O2S/c19-15(20)11-21-16-17-13-7-3-4-8-14(13)18(16)10-9-12-5-1-2-6-12/h3-5,7-8H,1-2,6,9-11H2,(H,19,20). The second-order valence-corrected chi connectivity index (χ2v) is 6.16. The van der Waals surface area contributed by atoms with Gasteiger partial charge in [0.05, 0.1) is 16.8 Å². The first-order valence-corrected chi connectivity index (χ1v) is 8.20. The van der Waals surface area contributed by atoms with Crippen molar-refractivity contribution < 1.29 is 9.90 Å². The Hall–Kier alpha value is -1.75. The van der Waals surface area contributed by atoms with Crippen LogP contribution in [-0.2, 0) is 11.3 Å². The molecular formula is C16H18N2O2S. The normalized spacial score (nSPS) is 14.6. The minimum absolute atomic E-state index is 0.0476. The van der Waals surface area contributed by atoms with Crippen LogP contribution >= 0.6 is 11.8 Å². The van der Waals surface area contributed by atoms with Gasteiger partial charge in [-0.3, -0.25) is 4.79 Å². The fourth-order valence-electron chi connectivity index (χ4n) is 2.73. The van der Waals surface area contributed by atoms with Crippen molar-refractivity contribution in [3.63, 3.8) is 0 Å². The highest BCUT2D eigenvalue weighted by molar-refractivity contribution is 7.99. The lowest BCUT2D eigenvalue weighted by Crippen LogP contribution is -2.04. The van der Waals surface area contributed by atoms with Crippen molar-refractivity contribution in [1.29, 1.82) is 0 Å². The molecule has 110 valence electrons. The van der Waals surface area contributed by atoms with E-state index in [1.54, 1.807) is 0 Å². The van der Waals surface area contributed by atoms with Gasteiger partial charge in [-0.15, -0.1) is 0 Å². The number of aliphatic carboxylic acids is 1. The summed E-state index contributed by atoms with van der Waals surface area (Å²) in [5, 5.41) is 9.68. The summed E-state index contributed by atoms with van der Waals surface area (Å²) in [6.45, 7) is 0.869. The second-order valence-electron chi connectivity index (χ2n) is 5.22. The minimum atomic E-state index is -0.808. The highest BCUT2D eigenvalue weighted by Crippen LogP contribution is 2.27. The molecule has 1 N–H and O–H groups in total. The number of thioether (sulfide) groups is 1.